The molecule has 0 fully saturated rings. The van der Waals surface area contributed by atoms with E-state index in [1.165, 1.54) is 18.3 Å². The fourth-order valence-corrected chi connectivity index (χ4v) is 3.21. The molecule has 104 valence electrons. The first-order valence-electron chi connectivity index (χ1n) is 6.02. The lowest BCUT2D eigenvalue weighted by Gasteiger charge is -2.12. The standard InChI is InChI=1S/C13H13N3O3S/c14-13-6-5-9(7-15-13)20(17,18)16-11-8-19-12-4-2-1-3-10(11)12/h1-7,11,16H,8H2,(H2,14,15). The molecule has 0 amide bonds. The second kappa shape index (κ2) is 4.77. The molecule has 0 spiro atoms. The summed E-state index contributed by atoms with van der Waals surface area (Å²) in [5, 5.41) is 0. The number of fused-ring (bicyclic) bond motifs is 1. The van der Waals surface area contributed by atoms with E-state index in [0.717, 1.165) is 5.56 Å². The van der Waals surface area contributed by atoms with Gasteiger partial charge in [-0.25, -0.2) is 18.1 Å². The number of aromatic nitrogens is 1. The predicted molar refractivity (Wildman–Crippen MR) is 73.6 cm³/mol. The lowest BCUT2D eigenvalue weighted by Crippen LogP contribution is -2.29. The smallest absolute Gasteiger partial charge is 0.242 e. The molecule has 3 N–H and O–H groups in total. The minimum absolute atomic E-state index is 0.0797. The maximum absolute atomic E-state index is 12.3. The summed E-state index contributed by atoms with van der Waals surface area (Å²) in [6.07, 6.45) is 1.24. The van der Waals surface area contributed by atoms with E-state index < -0.39 is 16.1 Å². The van der Waals surface area contributed by atoms with Crippen molar-refractivity contribution in [3.05, 3.63) is 48.2 Å². The Morgan fingerprint density at radius 3 is 2.80 bits per heavy atom. The van der Waals surface area contributed by atoms with Crippen molar-refractivity contribution in [1.29, 1.82) is 0 Å². The highest BCUT2D eigenvalue weighted by Crippen LogP contribution is 2.32. The molecule has 6 nitrogen and oxygen atoms in total. The van der Waals surface area contributed by atoms with Crippen molar-refractivity contribution in [2.45, 2.75) is 10.9 Å². The number of benzene rings is 1. The molecule has 1 aromatic heterocycles. The van der Waals surface area contributed by atoms with Gasteiger partial charge in [0, 0.05) is 11.8 Å². The molecule has 0 radical (unpaired) electrons. The summed E-state index contributed by atoms with van der Waals surface area (Å²) in [5.74, 6) is 0.981. The molecule has 0 aliphatic carbocycles. The number of nitrogens with two attached hydrogens (primary N) is 1. The first-order valence-corrected chi connectivity index (χ1v) is 7.50. The largest absolute Gasteiger partial charge is 0.491 e. The fraction of sp³-hybridized carbons (Fsp3) is 0.154. The van der Waals surface area contributed by atoms with Crippen LogP contribution in [0.1, 0.15) is 11.6 Å². The molecule has 2 aromatic rings. The Morgan fingerprint density at radius 1 is 1.25 bits per heavy atom. The molecule has 0 saturated heterocycles. The van der Waals surface area contributed by atoms with E-state index in [1.54, 1.807) is 0 Å². The van der Waals surface area contributed by atoms with E-state index in [-0.39, 0.29) is 17.3 Å². The van der Waals surface area contributed by atoms with Gasteiger partial charge in [0.15, 0.2) is 0 Å². The average Bonchev–Trinajstić information content (AvgIpc) is 2.82. The fourth-order valence-electron chi connectivity index (χ4n) is 2.07. The Kier molecular flexibility index (Phi) is 3.07. The second-order valence-corrected chi connectivity index (χ2v) is 6.16. The molecule has 1 aliphatic heterocycles. The second-order valence-electron chi connectivity index (χ2n) is 4.44. The zero-order valence-electron chi connectivity index (χ0n) is 10.5. The topological polar surface area (TPSA) is 94.3 Å². The molecule has 1 unspecified atom stereocenters. The van der Waals surface area contributed by atoms with E-state index in [0.29, 0.717) is 5.75 Å². The molecule has 1 atom stereocenters. The number of nitrogens with zero attached hydrogens (tertiary/aromatic N) is 1. The number of sulfonamides is 1. The van der Waals surface area contributed by atoms with Crippen LogP contribution in [-0.2, 0) is 10.0 Å². The lowest BCUT2D eigenvalue weighted by atomic mass is 10.1. The molecular formula is C13H13N3O3S. The number of rotatable bonds is 3. The minimum atomic E-state index is -3.65. The van der Waals surface area contributed by atoms with Gasteiger partial charge in [-0.1, -0.05) is 18.2 Å². The monoisotopic (exact) mass is 291 g/mol. The van der Waals surface area contributed by atoms with E-state index >= 15 is 0 Å². The van der Waals surface area contributed by atoms with Gasteiger partial charge in [-0.05, 0) is 18.2 Å². The normalized spacial score (nSPS) is 17.5. The van der Waals surface area contributed by atoms with Crippen LogP contribution in [0.3, 0.4) is 0 Å². The van der Waals surface area contributed by atoms with Gasteiger partial charge in [-0.3, -0.25) is 0 Å². The number of nitrogen functional groups attached to an aromatic ring is 1. The van der Waals surface area contributed by atoms with Crippen LogP contribution in [0.15, 0.2) is 47.5 Å². The highest BCUT2D eigenvalue weighted by Gasteiger charge is 2.28. The number of hydrogen-bond acceptors (Lipinski definition) is 5. The highest BCUT2D eigenvalue weighted by atomic mass is 32.2. The van der Waals surface area contributed by atoms with E-state index in [1.807, 2.05) is 24.3 Å². The number of anilines is 1. The average molecular weight is 291 g/mol. The van der Waals surface area contributed by atoms with Crippen molar-refractivity contribution < 1.29 is 13.2 Å². The molecule has 7 heteroatoms. The molecule has 0 bridgehead atoms. The minimum Gasteiger partial charge on any atom is -0.491 e. The van der Waals surface area contributed by atoms with Crippen molar-refractivity contribution >= 4 is 15.8 Å². The van der Waals surface area contributed by atoms with Gasteiger partial charge in [-0.2, -0.15) is 0 Å². The summed E-state index contributed by atoms with van der Waals surface area (Å²) in [5.41, 5.74) is 6.28. The molecule has 2 heterocycles. The number of para-hydroxylation sites is 1. The Balaban J connectivity index is 1.86. The van der Waals surface area contributed by atoms with Gasteiger partial charge in [0.1, 0.15) is 23.1 Å². The number of nitrogens with one attached hydrogen (secondary N) is 1. The maximum atomic E-state index is 12.3. The van der Waals surface area contributed by atoms with Crippen LogP contribution in [0.5, 0.6) is 5.75 Å². The van der Waals surface area contributed by atoms with Crippen molar-refractivity contribution in [3.8, 4) is 5.75 Å². The third-order valence-electron chi connectivity index (χ3n) is 3.07. The van der Waals surface area contributed by atoms with Gasteiger partial charge < -0.3 is 10.5 Å². The lowest BCUT2D eigenvalue weighted by molar-refractivity contribution is 0.325. The predicted octanol–water partition coefficient (Wildman–Crippen LogP) is 1.08. The van der Waals surface area contributed by atoms with E-state index in [4.69, 9.17) is 10.5 Å². The Hall–Kier alpha value is -2.12. The highest BCUT2D eigenvalue weighted by molar-refractivity contribution is 7.89. The van der Waals surface area contributed by atoms with Gasteiger partial charge in [-0.15, -0.1) is 0 Å². The van der Waals surface area contributed by atoms with Crippen molar-refractivity contribution in [3.63, 3.8) is 0 Å². The first kappa shape index (κ1) is 12.9. The van der Waals surface area contributed by atoms with Crippen LogP contribution in [0.4, 0.5) is 5.82 Å². The van der Waals surface area contributed by atoms with Crippen LogP contribution in [0, 0.1) is 0 Å². The van der Waals surface area contributed by atoms with E-state index in [9.17, 15) is 8.42 Å². The van der Waals surface area contributed by atoms with Gasteiger partial charge in [0.25, 0.3) is 0 Å². The van der Waals surface area contributed by atoms with Crippen LogP contribution in [0.2, 0.25) is 0 Å². The quantitative estimate of drug-likeness (QED) is 0.882. The summed E-state index contributed by atoms with van der Waals surface area (Å²) < 4.78 is 32.6. The summed E-state index contributed by atoms with van der Waals surface area (Å²) in [6.45, 7) is 0.279. The van der Waals surface area contributed by atoms with Crippen molar-refractivity contribution in [1.82, 2.24) is 9.71 Å². The third kappa shape index (κ3) is 2.33. The molecule has 20 heavy (non-hydrogen) atoms. The maximum Gasteiger partial charge on any atom is 0.242 e. The Morgan fingerprint density at radius 2 is 2.05 bits per heavy atom. The molecular weight excluding hydrogens is 278 g/mol. The molecule has 0 saturated carbocycles. The zero-order chi connectivity index (χ0) is 14.2. The summed E-state index contributed by atoms with van der Waals surface area (Å²) >= 11 is 0. The summed E-state index contributed by atoms with van der Waals surface area (Å²) in [6, 6.07) is 9.83. The Labute approximate surface area is 116 Å². The number of ether oxygens (including phenoxy) is 1. The number of hydrogen-bond donors (Lipinski definition) is 2. The van der Waals surface area contributed by atoms with Crippen LogP contribution < -0.4 is 15.2 Å². The summed E-state index contributed by atoms with van der Waals surface area (Å²) in [7, 11) is -3.65. The molecule has 1 aromatic carbocycles. The van der Waals surface area contributed by atoms with Gasteiger partial charge >= 0.3 is 0 Å². The van der Waals surface area contributed by atoms with Gasteiger partial charge in [0.05, 0.1) is 6.04 Å². The zero-order valence-corrected chi connectivity index (χ0v) is 11.3. The Bertz CT molecular complexity index is 729. The number of pyridine rings is 1. The first-order chi connectivity index (χ1) is 9.56. The summed E-state index contributed by atoms with van der Waals surface area (Å²) in [4.78, 5) is 3.87. The SMILES string of the molecule is Nc1ccc(S(=O)(=O)NC2COc3ccccc32)cn1. The van der Waals surface area contributed by atoms with Gasteiger partial charge in [0.2, 0.25) is 10.0 Å². The molecule has 3 rings (SSSR count). The van der Waals surface area contributed by atoms with Crippen molar-refractivity contribution in [2.24, 2.45) is 0 Å². The van der Waals surface area contributed by atoms with Crippen LogP contribution in [-0.4, -0.2) is 20.0 Å². The van der Waals surface area contributed by atoms with Crippen LogP contribution in [0.25, 0.3) is 0 Å². The molecule has 1 aliphatic rings. The van der Waals surface area contributed by atoms with Crippen molar-refractivity contribution in [2.75, 3.05) is 12.3 Å². The van der Waals surface area contributed by atoms with Crippen LogP contribution >= 0.6 is 0 Å². The van der Waals surface area contributed by atoms with E-state index in [2.05, 4.69) is 9.71 Å². The third-order valence-corrected chi connectivity index (χ3v) is 4.52.